The molecule has 1 amide bonds. The quantitative estimate of drug-likeness (QED) is 0.922. The fourth-order valence-corrected chi connectivity index (χ4v) is 2.93. The Bertz CT molecular complexity index is 489. The van der Waals surface area contributed by atoms with Crippen LogP contribution in [0, 0.1) is 5.41 Å². The van der Waals surface area contributed by atoms with Crippen LogP contribution in [-0.4, -0.2) is 42.1 Å². The molecule has 0 bridgehead atoms. The summed E-state index contributed by atoms with van der Waals surface area (Å²) in [7, 11) is 1.56. The van der Waals surface area contributed by atoms with Crippen LogP contribution < -0.4 is 4.74 Å². The Morgan fingerprint density at radius 1 is 1.42 bits per heavy atom. The molecule has 1 aliphatic heterocycles. The Labute approximate surface area is 115 Å². The molecule has 0 aliphatic carbocycles. The van der Waals surface area contributed by atoms with E-state index >= 15 is 0 Å². The third kappa shape index (κ3) is 2.73. The summed E-state index contributed by atoms with van der Waals surface area (Å²) in [6.07, 6.45) is 0.993. The molecule has 19 heavy (non-hydrogen) atoms. The molecule has 6 heteroatoms. The van der Waals surface area contributed by atoms with Crippen molar-refractivity contribution in [2.24, 2.45) is 5.41 Å². The van der Waals surface area contributed by atoms with Gasteiger partial charge in [-0.05, 0) is 19.8 Å². The summed E-state index contributed by atoms with van der Waals surface area (Å²) in [6.45, 7) is 2.72. The minimum atomic E-state index is -0.780. The van der Waals surface area contributed by atoms with Crippen molar-refractivity contribution in [3.05, 3.63) is 16.3 Å². The molecule has 0 saturated carbocycles. The van der Waals surface area contributed by atoms with Gasteiger partial charge in [0.1, 0.15) is 5.75 Å². The first kappa shape index (κ1) is 13.9. The maximum atomic E-state index is 12.2. The number of carboxylic acid groups (broad SMARTS) is 1. The van der Waals surface area contributed by atoms with Gasteiger partial charge in [0.2, 0.25) is 0 Å². The van der Waals surface area contributed by atoms with Crippen LogP contribution in [0.15, 0.2) is 11.4 Å². The van der Waals surface area contributed by atoms with Crippen LogP contribution in [0.25, 0.3) is 0 Å². The number of hydrogen-bond donors (Lipinski definition) is 1. The number of hydrogen-bond acceptors (Lipinski definition) is 4. The van der Waals surface area contributed by atoms with E-state index in [2.05, 4.69) is 0 Å². The normalized spacial score (nSPS) is 18.1. The molecular weight excluding hydrogens is 266 g/mol. The first-order valence-electron chi connectivity index (χ1n) is 6.11. The Morgan fingerprint density at radius 3 is 2.53 bits per heavy atom. The van der Waals surface area contributed by atoms with E-state index in [9.17, 15) is 9.59 Å². The van der Waals surface area contributed by atoms with Crippen molar-refractivity contribution in [2.45, 2.75) is 19.8 Å². The number of thiophene rings is 1. The fourth-order valence-electron chi connectivity index (χ4n) is 2.11. The highest BCUT2D eigenvalue weighted by Gasteiger charge is 2.38. The van der Waals surface area contributed by atoms with Crippen LogP contribution in [0.2, 0.25) is 0 Å². The molecule has 1 aromatic heterocycles. The summed E-state index contributed by atoms with van der Waals surface area (Å²) < 4.78 is 5.06. The zero-order chi connectivity index (χ0) is 14.0. The molecule has 1 N–H and O–H groups in total. The van der Waals surface area contributed by atoms with Crippen molar-refractivity contribution < 1.29 is 19.4 Å². The van der Waals surface area contributed by atoms with Gasteiger partial charge in [-0.3, -0.25) is 9.59 Å². The van der Waals surface area contributed by atoms with E-state index in [1.165, 1.54) is 11.3 Å². The van der Waals surface area contributed by atoms with E-state index in [4.69, 9.17) is 9.84 Å². The Hall–Kier alpha value is -1.56. The summed E-state index contributed by atoms with van der Waals surface area (Å²) >= 11 is 1.35. The number of piperidine rings is 1. The molecule has 0 atom stereocenters. The summed E-state index contributed by atoms with van der Waals surface area (Å²) in [5.74, 6) is -0.140. The molecule has 1 saturated heterocycles. The summed E-state index contributed by atoms with van der Waals surface area (Å²) in [5, 5.41) is 10.9. The van der Waals surface area contributed by atoms with E-state index in [0.717, 1.165) is 0 Å². The highest BCUT2D eigenvalue weighted by atomic mass is 32.1. The first-order chi connectivity index (χ1) is 8.96. The summed E-state index contributed by atoms with van der Waals surface area (Å²) in [5.41, 5.74) is -0.704. The third-order valence-electron chi connectivity index (χ3n) is 3.69. The molecule has 2 heterocycles. The van der Waals surface area contributed by atoms with Crippen molar-refractivity contribution in [1.82, 2.24) is 4.90 Å². The number of methoxy groups -OCH3 is 1. The number of rotatable bonds is 3. The molecule has 0 radical (unpaired) electrons. The van der Waals surface area contributed by atoms with Crippen LogP contribution in [-0.2, 0) is 4.79 Å². The average Bonchev–Trinajstić information content (AvgIpc) is 2.87. The van der Waals surface area contributed by atoms with E-state index in [0.29, 0.717) is 36.6 Å². The van der Waals surface area contributed by atoms with Crippen LogP contribution >= 0.6 is 11.3 Å². The summed E-state index contributed by atoms with van der Waals surface area (Å²) in [6, 6.07) is 1.72. The second-order valence-electron chi connectivity index (χ2n) is 5.01. The minimum Gasteiger partial charge on any atom is -0.496 e. The molecule has 1 aliphatic rings. The lowest BCUT2D eigenvalue weighted by molar-refractivity contribution is -0.150. The predicted octanol–water partition coefficient (Wildman–Crippen LogP) is 2.08. The van der Waals surface area contributed by atoms with Gasteiger partial charge >= 0.3 is 5.97 Å². The lowest BCUT2D eigenvalue weighted by atomic mass is 9.80. The lowest BCUT2D eigenvalue weighted by Crippen LogP contribution is -2.45. The monoisotopic (exact) mass is 283 g/mol. The van der Waals surface area contributed by atoms with E-state index < -0.39 is 11.4 Å². The third-order valence-corrected chi connectivity index (χ3v) is 4.59. The molecule has 104 valence electrons. The fraction of sp³-hybridized carbons (Fsp3) is 0.538. The topological polar surface area (TPSA) is 66.8 Å². The van der Waals surface area contributed by atoms with Crippen LogP contribution in [0.5, 0.6) is 5.75 Å². The molecule has 5 nitrogen and oxygen atoms in total. The van der Waals surface area contributed by atoms with Gasteiger partial charge in [0.25, 0.3) is 5.91 Å². The number of ether oxygens (including phenoxy) is 1. The van der Waals surface area contributed by atoms with Crippen molar-refractivity contribution >= 4 is 23.2 Å². The van der Waals surface area contributed by atoms with Gasteiger partial charge < -0.3 is 14.7 Å². The van der Waals surface area contributed by atoms with Crippen molar-refractivity contribution in [1.29, 1.82) is 0 Å². The highest BCUT2D eigenvalue weighted by Crippen LogP contribution is 2.32. The van der Waals surface area contributed by atoms with Gasteiger partial charge in [-0.2, -0.15) is 0 Å². The van der Waals surface area contributed by atoms with E-state index in [1.54, 1.807) is 30.4 Å². The van der Waals surface area contributed by atoms with Crippen molar-refractivity contribution in [3.8, 4) is 5.75 Å². The second-order valence-corrected chi connectivity index (χ2v) is 5.92. The number of carbonyl (C=O) groups is 2. The minimum absolute atomic E-state index is 0.0410. The highest BCUT2D eigenvalue weighted by molar-refractivity contribution is 7.12. The SMILES string of the molecule is COc1csc(C(=O)N2CCC(C)(C(=O)O)CC2)c1. The Kier molecular flexibility index (Phi) is 3.80. The standard InChI is InChI=1S/C13H17NO4S/c1-13(12(16)17)3-5-14(6-4-13)11(15)10-7-9(18-2)8-19-10/h7-8H,3-6H2,1-2H3,(H,16,17). The smallest absolute Gasteiger partial charge is 0.309 e. The molecule has 0 aromatic carbocycles. The van der Waals surface area contributed by atoms with Crippen LogP contribution in [0.3, 0.4) is 0 Å². The maximum Gasteiger partial charge on any atom is 0.309 e. The van der Waals surface area contributed by atoms with Crippen LogP contribution in [0.1, 0.15) is 29.4 Å². The van der Waals surface area contributed by atoms with Crippen molar-refractivity contribution in [2.75, 3.05) is 20.2 Å². The maximum absolute atomic E-state index is 12.2. The van der Waals surface area contributed by atoms with Gasteiger partial charge in [0.15, 0.2) is 0 Å². The van der Waals surface area contributed by atoms with Crippen molar-refractivity contribution in [3.63, 3.8) is 0 Å². The molecule has 0 spiro atoms. The molecule has 0 unspecified atom stereocenters. The number of carbonyl (C=O) groups excluding carboxylic acids is 1. The molecular formula is C13H17NO4S. The van der Waals surface area contributed by atoms with Gasteiger partial charge in [-0.1, -0.05) is 0 Å². The van der Waals surface area contributed by atoms with Gasteiger partial charge in [-0.25, -0.2) is 0 Å². The lowest BCUT2D eigenvalue weighted by Gasteiger charge is -2.36. The van der Waals surface area contributed by atoms with E-state index in [1.807, 2.05) is 0 Å². The Morgan fingerprint density at radius 2 is 2.05 bits per heavy atom. The predicted molar refractivity (Wildman–Crippen MR) is 71.8 cm³/mol. The van der Waals surface area contributed by atoms with E-state index in [-0.39, 0.29) is 5.91 Å². The van der Waals surface area contributed by atoms with Crippen LogP contribution in [0.4, 0.5) is 0 Å². The number of carboxylic acids is 1. The molecule has 1 aromatic rings. The number of likely N-dealkylation sites (tertiary alicyclic amines) is 1. The molecule has 1 fully saturated rings. The zero-order valence-electron chi connectivity index (χ0n) is 11.0. The first-order valence-corrected chi connectivity index (χ1v) is 6.99. The molecule has 2 rings (SSSR count). The zero-order valence-corrected chi connectivity index (χ0v) is 11.8. The van der Waals surface area contributed by atoms with Gasteiger partial charge in [0.05, 0.1) is 17.4 Å². The second kappa shape index (κ2) is 5.21. The van der Waals surface area contributed by atoms with Gasteiger partial charge in [-0.15, -0.1) is 11.3 Å². The number of nitrogens with zero attached hydrogens (tertiary/aromatic N) is 1. The van der Waals surface area contributed by atoms with Gasteiger partial charge in [0, 0.05) is 24.5 Å². The number of amides is 1. The Balaban J connectivity index is 2.01. The average molecular weight is 283 g/mol. The number of aliphatic carboxylic acids is 1. The summed E-state index contributed by atoms with van der Waals surface area (Å²) in [4.78, 5) is 25.7. The largest absolute Gasteiger partial charge is 0.496 e.